The molecule has 1 heterocycles. The van der Waals surface area contributed by atoms with Crippen molar-refractivity contribution in [2.45, 2.75) is 19.0 Å². The fourth-order valence-electron chi connectivity index (χ4n) is 2.85. The van der Waals surface area contributed by atoms with Gasteiger partial charge in [0.15, 0.2) is 0 Å². The Morgan fingerprint density at radius 2 is 1.76 bits per heavy atom. The maximum atomic E-state index is 12.8. The number of hydrogen-bond donors (Lipinski definition) is 0. The van der Waals surface area contributed by atoms with Crippen LogP contribution in [0.2, 0.25) is 5.02 Å². The van der Waals surface area contributed by atoms with Crippen molar-refractivity contribution in [3.63, 3.8) is 0 Å². The second-order valence-corrected chi connectivity index (χ2v) is 6.28. The van der Waals surface area contributed by atoms with Gasteiger partial charge < -0.3 is 0 Å². The molecule has 2 aromatic carbocycles. The number of imide groups is 1. The molecule has 0 radical (unpaired) electrons. The molecule has 1 aliphatic heterocycles. The quantitative estimate of drug-likeness (QED) is 0.750. The molecule has 1 saturated heterocycles. The van der Waals surface area contributed by atoms with Crippen molar-refractivity contribution < 1.29 is 22.8 Å². The van der Waals surface area contributed by atoms with Gasteiger partial charge in [0.05, 0.1) is 17.2 Å². The Morgan fingerprint density at radius 1 is 1.08 bits per heavy atom. The first-order valence-electron chi connectivity index (χ1n) is 7.54. The standard InChI is InChI=1S/C18H13ClF3NO2/c19-14-6-4-11(5-7-14)8-12-9-16(24)23(17(12)25)15-3-1-2-13(10-15)18(20,21)22/h1-7,10,12H,8-9H2. The number of carbonyl (C=O) groups is 2. The lowest BCUT2D eigenvalue weighted by Gasteiger charge is -2.17. The van der Waals surface area contributed by atoms with Gasteiger partial charge in [0.1, 0.15) is 0 Å². The monoisotopic (exact) mass is 367 g/mol. The molecule has 0 aromatic heterocycles. The average Bonchev–Trinajstić information content (AvgIpc) is 2.83. The van der Waals surface area contributed by atoms with E-state index in [2.05, 4.69) is 0 Å². The van der Waals surface area contributed by atoms with Crippen LogP contribution in [0.15, 0.2) is 48.5 Å². The van der Waals surface area contributed by atoms with Crippen LogP contribution in [0.25, 0.3) is 0 Å². The summed E-state index contributed by atoms with van der Waals surface area (Å²) in [6.07, 6.45) is -4.24. The molecule has 0 saturated carbocycles. The lowest BCUT2D eigenvalue weighted by atomic mass is 9.98. The van der Waals surface area contributed by atoms with E-state index in [1.54, 1.807) is 24.3 Å². The summed E-state index contributed by atoms with van der Waals surface area (Å²) in [5.74, 6) is -1.58. The van der Waals surface area contributed by atoms with Crippen LogP contribution in [-0.4, -0.2) is 11.8 Å². The average molecular weight is 368 g/mol. The zero-order chi connectivity index (χ0) is 18.2. The first-order chi connectivity index (χ1) is 11.8. The summed E-state index contributed by atoms with van der Waals surface area (Å²) in [4.78, 5) is 25.6. The largest absolute Gasteiger partial charge is 0.416 e. The maximum Gasteiger partial charge on any atom is 0.416 e. The molecule has 130 valence electrons. The van der Waals surface area contributed by atoms with E-state index in [9.17, 15) is 22.8 Å². The number of carbonyl (C=O) groups excluding carboxylic acids is 2. The van der Waals surface area contributed by atoms with Crippen LogP contribution in [-0.2, 0) is 22.2 Å². The Morgan fingerprint density at radius 3 is 2.40 bits per heavy atom. The van der Waals surface area contributed by atoms with E-state index in [-0.39, 0.29) is 12.1 Å². The number of nitrogens with zero attached hydrogens (tertiary/aromatic N) is 1. The number of halogens is 4. The molecule has 0 N–H and O–H groups in total. The molecule has 1 aliphatic rings. The number of rotatable bonds is 3. The number of hydrogen-bond acceptors (Lipinski definition) is 2. The molecule has 25 heavy (non-hydrogen) atoms. The Labute approximate surface area is 147 Å². The molecule has 1 fully saturated rings. The number of anilines is 1. The topological polar surface area (TPSA) is 37.4 Å². The first kappa shape index (κ1) is 17.5. The van der Waals surface area contributed by atoms with Crippen molar-refractivity contribution in [3.8, 4) is 0 Å². The zero-order valence-corrected chi connectivity index (χ0v) is 13.6. The van der Waals surface area contributed by atoms with Crippen LogP contribution in [0.4, 0.5) is 18.9 Å². The van der Waals surface area contributed by atoms with Crippen LogP contribution in [0.3, 0.4) is 0 Å². The van der Waals surface area contributed by atoms with Gasteiger partial charge in [-0.3, -0.25) is 14.5 Å². The predicted octanol–water partition coefficient (Wildman–Crippen LogP) is 4.48. The first-order valence-corrected chi connectivity index (χ1v) is 7.92. The van der Waals surface area contributed by atoms with Gasteiger partial charge in [-0.2, -0.15) is 13.2 Å². The van der Waals surface area contributed by atoms with Gasteiger partial charge in [0, 0.05) is 11.4 Å². The van der Waals surface area contributed by atoms with E-state index in [0.29, 0.717) is 11.4 Å². The van der Waals surface area contributed by atoms with Gasteiger partial charge in [0.25, 0.3) is 0 Å². The van der Waals surface area contributed by atoms with Crippen molar-refractivity contribution in [3.05, 3.63) is 64.7 Å². The highest BCUT2D eigenvalue weighted by atomic mass is 35.5. The molecule has 0 spiro atoms. The van der Waals surface area contributed by atoms with Gasteiger partial charge in [0.2, 0.25) is 11.8 Å². The molecule has 2 amide bonds. The predicted molar refractivity (Wildman–Crippen MR) is 87.2 cm³/mol. The van der Waals surface area contributed by atoms with Gasteiger partial charge in [-0.05, 0) is 42.3 Å². The maximum absolute atomic E-state index is 12.8. The fraction of sp³-hybridized carbons (Fsp3) is 0.222. The van der Waals surface area contributed by atoms with Crippen LogP contribution < -0.4 is 4.90 Å². The minimum absolute atomic E-state index is 0.0301. The Kier molecular flexibility index (Phi) is 4.56. The van der Waals surface area contributed by atoms with Crippen molar-refractivity contribution >= 4 is 29.1 Å². The van der Waals surface area contributed by atoms with E-state index in [1.807, 2.05) is 0 Å². The molecule has 1 unspecified atom stereocenters. The molecule has 2 aromatic rings. The van der Waals surface area contributed by atoms with E-state index in [1.165, 1.54) is 12.1 Å². The minimum Gasteiger partial charge on any atom is -0.274 e. The Hall–Kier alpha value is -2.34. The summed E-state index contributed by atoms with van der Waals surface area (Å²) >= 11 is 5.81. The van der Waals surface area contributed by atoms with Crippen LogP contribution >= 0.6 is 11.6 Å². The van der Waals surface area contributed by atoms with Crippen molar-refractivity contribution in [1.29, 1.82) is 0 Å². The second kappa shape index (κ2) is 6.52. The molecular formula is C18H13ClF3NO2. The summed E-state index contributed by atoms with van der Waals surface area (Å²) in [7, 11) is 0. The zero-order valence-electron chi connectivity index (χ0n) is 12.9. The Balaban J connectivity index is 1.83. The van der Waals surface area contributed by atoms with Crippen molar-refractivity contribution in [1.82, 2.24) is 0 Å². The second-order valence-electron chi connectivity index (χ2n) is 5.85. The molecule has 3 nitrogen and oxygen atoms in total. The van der Waals surface area contributed by atoms with E-state index in [0.717, 1.165) is 22.6 Å². The lowest BCUT2D eigenvalue weighted by Crippen LogP contribution is -2.31. The van der Waals surface area contributed by atoms with Crippen LogP contribution in [0, 0.1) is 5.92 Å². The SMILES string of the molecule is O=C1CC(Cc2ccc(Cl)cc2)C(=O)N1c1cccc(C(F)(F)F)c1. The fourth-order valence-corrected chi connectivity index (χ4v) is 2.98. The van der Waals surface area contributed by atoms with Gasteiger partial charge in [-0.15, -0.1) is 0 Å². The summed E-state index contributed by atoms with van der Waals surface area (Å²) < 4.78 is 38.5. The molecular weight excluding hydrogens is 355 g/mol. The minimum atomic E-state index is -4.54. The van der Waals surface area contributed by atoms with Gasteiger partial charge in [-0.1, -0.05) is 29.8 Å². The molecule has 0 aliphatic carbocycles. The summed E-state index contributed by atoms with van der Waals surface area (Å²) in [5.41, 5.74) is -0.114. The normalized spacial score (nSPS) is 18.1. The highest BCUT2D eigenvalue weighted by Crippen LogP contribution is 2.34. The van der Waals surface area contributed by atoms with E-state index >= 15 is 0 Å². The summed E-state index contributed by atoms with van der Waals surface area (Å²) in [6.45, 7) is 0. The Bertz CT molecular complexity index is 818. The van der Waals surface area contributed by atoms with Crippen molar-refractivity contribution in [2.24, 2.45) is 5.92 Å². The highest BCUT2D eigenvalue weighted by Gasteiger charge is 2.40. The van der Waals surface area contributed by atoms with Crippen LogP contribution in [0.5, 0.6) is 0 Å². The summed E-state index contributed by atoms with van der Waals surface area (Å²) in [5, 5.41) is 0.558. The van der Waals surface area contributed by atoms with Gasteiger partial charge >= 0.3 is 6.18 Å². The lowest BCUT2D eigenvalue weighted by molar-refractivity contribution is -0.137. The molecule has 3 rings (SSSR count). The van der Waals surface area contributed by atoms with E-state index < -0.39 is 29.5 Å². The third-order valence-electron chi connectivity index (χ3n) is 4.07. The molecule has 1 atom stereocenters. The number of benzene rings is 2. The highest BCUT2D eigenvalue weighted by molar-refractivity contribution is 6.30. The van der Waals surface area contributed by atoms with Crippen molar-refractivity contribution in [2.75, 3.05) is 4.90 Å². The molecule has 7 heteroatoms. The number of alkyl halides is 3. The summed E-state index contributed by atoms with van der Waals surface area (Å²) in [6, 6.07) is 11.1. The van der Waals surface area contributed by atoms with E-state index in [4.69, 9.17) is 11.6 Å². The number of amides is 2. The smallest absolute Gasteiger partial charge is 0.274 e. The third kappa shape index (κ3) is 3.69. The molecule has 0 bridgehead atoms. The van der Waals surface area contributed by atoms with Gasteiger partial charge in [-0.25, -0.2) is 0 Å². The van der Waals surface area contributed by atoms with Crippen LogP contribution in [0.1, 0.15) is 17.5 Å². The third-order valence-corrected chi connectivity index (χ3v) is 4.32.